The van der Waals surface area contributed by atoms with E-state index in [1.165, 1.54) is 0 Å². The van der Waals surface area contributed by atoms with Crippen LogP contribution in [0.15, 0.2) is 4.99 Å². The van der Waals surface area contributed by atoms with Gasteiger partial charge in [0.1, 0.15) is 12.1 Å². The summed E-state index contributed by atoms with van der Waals surface area (Å²) in [6, 6.07) is -4.26. The minimum atomic E-state index is -1.67. The molecule has 16 heteroatoms. The van der Waals surface area contributed by atoms with Crippen LogP contribution >= 0.6 is 0 Å². The molecule has 0 bridgehead atoms. The standard InChI is InChI=1S/C17H29N7O9/c18-8(2-1-5-21-17(19)20)14(30)22-7-11(25)23-10(6-13(28)29)15(31)24-9(16(32)33)3-4-12(26)27/h8-10H,1-7,18H2,(H,22,30)(H,23,25)(H,24,31)(H,26,27)(H,28,29)(H,32,33)(H4,19,20,21)/t8-,9-,10-/m0/s1. The van der Waals surface area contributed by atoms with Crippen molar-refractivity contribution >= 4 is 41.6 Å². The second-order valence-electron chi connectivity index (χ2n) is 6.82. The fourth-order valence-electron chi connectivity index (χ4n) is 2.38. The van der Waals surface area contributed by atoms with E-state index in [1.807, 2.05) is 5.32 Å². The van der Waals surface area contributed by atoms with E-state index in [0.29, 0.717) is 6.42 Å². The number of nitrogens with two attached hydrogens (primary N) is 3. The van der Waals surface area contributed by atoms with Gasteiger partial charge in [-0.3, -0.25) is 29.0 Å². The maximum Gasteiger partial charge on any atom is 0.326 e. The number of guanidine groups is 1. The van der Waals surface area contributed by atoms with Crippen LogP contribution in [0, 0.1) is 0 Å². The van der Waals surface area contributed by atoms with Crippen LogP contribution in [0.3, 0.4) is 0 Å². The molecule has 0 unspecified atom stereocenters. The first-order valence-corrected chi connectivity index (χ1v) is 9.68. The zero-order chi connectivity index (χ0) is 25.6. The van der Waals surface area contributed by atoms with Crippen LogP contribution in [-0.2, 0) is 28.8 Å². The zero-order valence-electron chi connectivity index (χ0n) is 17.7. The maximum absolute atomic E-state index is 12.3. The lowest BCUT2D eigenvalue weighted by atomic mass is 10.1. The third-order valence-corrected chi connectivity index (χ3v) is 4.02. The summed E-state index contributed by atoms with van der Waals surface area (Å²) in [5, 5.41) is 33.0. The summed E-state index contributed by atoms with van der Waals surface area (Å²) in [6.07, 6.45) is -1.30. The minimum Gasteiger partial charge on any atom is -0.481 e. The quantitative estimate of drug-likeness (QED) is 0.0584. The van der Waals surface area contributed by atoms with Gasteiger partial charge in [0.05, 0.1) is 19.0 Å². The predicted octanol–water partition coefficient (Wildman–Crippen LogP) is -4.12. The topological polar surface area (TPSA) is 290 Å². The normalized spacial score (nSPS) is 13.0. The largest absolute Gasteiger partial charge is 0.481 e. The van der Waals surface area contributed by atoms with Gasteiger partial charge in [0, 0.05) is 13.0 Å². The van der Waals surface area contributed by atoms with Crippen molar-refractivity contribution < 1.29 is 44.1 Å². The molecular formula is C17H29N7O9. The average molecular weight is 475 g/mol. The second kappa shape index (κ2) is 15.0. The SMILES string of the molecule is NC(N)=NCCC[C@H](N)C(=O)NCC(=O)N[C@@H](CC(=O)O)C(=O)N[C@@H](CCC(=O)O)C(=O)O. The first kappa shape index (κ1) is 29.0. The molecule has 12 N–H and O–H groups in total. The highest BCUT2D eigenvalue weighted by Crippen LogP contribution is 2.01. The van der Waals surface area contributed by atoms with Gasteiger partial charge in [-0.15, -0.1) is 0 Å². The Morgan fingerprint density at radius 2 is 1.48 bits per heavy atom. The van der Waals surface area contributed by atoms with Crippen molar-refractivity contribution in [2.24, 2.45) is 22.2 Å². The first-order chi connectivity index (χ1) is 15.3. The molecule has 0 saturated heterocycles. The third-order valence-electron chi connectivity index (χ3n) is 4.02. The van der Waals surface area contributed by atoms with Crippen LogP contribution in [0.4, 0.5) is 0 Å². The predicted molar refractivity (Wildman–Crippen MR) is 112 cm³/mol. The number of carbonyl (C=O) groups excluding carboxylic acids is 3. The van der Waals surface area contributed by atoms with E-state index >= 15 is 0 Å². The summed E-state index contributed by atoms with van der Waals surface area (Å²) in [4.78, 5) is 72.8. The molecule has 0 radical (unpaired) electrons. The van der Waals surface area contributed by atoms with Crippen molar-refractivity contribution in [2.45, 2.75) is 50.2 Å². The van der Waals surface area contributed by atoms with Crippen molar-refractivity contribution in [3.63, 3.8) is 0 Å². The van der Waals surface area contributed by atoms with Gasteiger partial charge >= 0.3 is 17.9 Å². The van der Waals surface area contributed by atoms with Crippen molar-refractivity contribution in [3.05, 3.63) is 0 Å². The van der Waals surface area contributed by atoms with Gasteiger partial charge in [-0.25, -0.2) is 4.79 Å². The van der Waals surface area contributed by atoms with Crippen molar-refractivity contribution in [3.8, 4) is 0 Å². The number of aliphatic imine (C=N–C) groups is 1. The van der Waals surface area contributed by atoms with Gasteiger partial charge in [0.2, 0.25) is 17.7 Å². The van der Waals surface area contributed by atoms with Crippen LogP contribution in [-0.4, -0.2) is 88.1 Å². The maximum atomic E-state index is 12.3. The number of amides is 3. The Bertz CT molecular complexity index is 768. The van der Waals surface area contributed by atoms with E-state index in [-0.39, 0.29) is 18.9 Å². The third kappa shape index (κ3) is 13.9. The van der Waals surface area contributed by atoms with E-state index in [9.17, 15) is 28.8 Å². The summed E-state index contributed by atoms with van der Waals surface area (Å²) in [5.41, 5.74) is 16.0. The van der Waals surface area contributed by atoms with E-state index < -0.39 is 79.6 Å². The minimum absolute atomic E-state index is 0.110. The number of carboxylic acid groups (broad SMARTS) is 3. The first-order valence-electron chi connectivity index (χ1n) is 9.68. The highest BCUT2D eigenvalue weighted by Gasteiger charge is 2.28. The van der Waals surface area contributed by atoms with E-state index in [2.05, 4.69) is 15.6 Å². The van der Waals surface area contributed by atoms with Crippen molar-refractivity contribution in [1.82, 2.24) is 16.0 Å². The lowest BCUT2D eigenvalue weighted by Crippen LogP contribution is -2.54. The van der Waals surface area contributed by atoms with Crippen molar-refractivity contribution in [1.29, 1.82) is 0 Å². The molecule has 33 heavy (non-hydrogen) atoms. The van der Waals surface area contributed by atoms with E-state index in [4.69, 9.17) is 32.5 Å². The molecule has 0 rings (SSSR count). The summed E-state index contributed by atoms with van der Waals surface area (Å²) in [5.74, 6) is -7.18. The molecule has 0 heterocycles. The number of hydrogen-bond acceptors (Lipinski definition) is 8. The number of hydrogen-bond donors (Lipinski definition) is 9. The highest BCUT2D eigenvalue weighted by molar-refractivity contribution is 5.94. The molecule has 0 aromatic heterocycles. The lowest BCUT2D eigenvalue weighted by Gasteiger charge is -2.20. The van der Waals surface area contributed by atoms with Crippen LogP contribution in [0.1, 0.15) is 32.1 Å². The second-order valence-corrected chi connectivity index (χ2v) is 6.82. The van der Waals surface area contributed by atoms with Crippen LogP contribution in [0.2, 0.25) is 0 Å². The fourth-order valence-corrected chi connectivity index (χ4v) is 2.38. The average Bonchev–Trinajstić information content (AvgIpc) is 2.70. The molecule has 186 valence electrons. The van der Waals surface area contributed by atoms with Gasteiger partial charge in [-0.2, -0.15) is 0 Å². The van der Waals surface area contributed by atoms with Gasteiger partial charge in [-0.05, 0) is 19.3 Å². The van der Waals surface area contributed by atoms with Gasteiger partial charge < -0.3 is 48.5 Å². The molecule has 16 nitrogen and oxygen atoms in total. The van der Waals surface area contributed by atoms with E-state index in [0.717, 1.165) is 0 Å². The number of aliphatic carboxylic acids is 3. The molecule has 0 aliphatic rings. The molecule has 0 aromatic carbocycles. The molecular weight excluding hydrogens is 446 g/mol. The van der Waals surface area contributed by atoms with Gasteiger partial charge in [0.25, 0.3) is 0 Å². The Morgan fingerprint density at radius 3 is 2.00 bits per heavy atom. The lowest BCUT2D eigenvalue weighted by molar-refractivity contribution is -0.144. The number of nitrogens with zero attached hydrogens (tertiary/aromatic N) is 1. The van der Waals surface area contributed by atoms with Gasteiger partial charge in [0.15, 0.2) is 5.96 Å². The molecule has 0 aromatic rings. The van der Waals surface area contributed by atoms with E-state index in [1.54, 1.807) is 0 Å². The number of rotatable bonds is 16. The highest BCUT2D eigenvalue weighted by atomic mass is 16.4. The molecule has 0 spiro atoms. The number of carbonyl (C=O) groups is 6. The Balaban J connectivity index is 4.82. The molecule has 0 fully saturated rings. The zero-order valence-corrected chi connectivity index (χ0v) is 17.7. The Hall–Kier alpha value is -3.95. The molecule has 0 aliphatic carbocycles. The summed E-state index contributed by atoms with van der Waals surface area (Å²) in [6.45, 7) is -0.384. The summed E-state index contributed by atoms with van der Waals surface area (Å²) < 4.78 is 0. The van der Waals surface area contributed by atoms with Crippen molar-refractivity contribution in [2.75, 3.05) is 13.1 Å². The molecule has 3 atom stereocenters. The fraction of sp³-hybridized carbons (Fsp3) is 0.588. The smallest absolute Gasteiger partial charge is 0.326 e. The monoisotopic (exact) mass is 475 g/mol. The van der Waals surface area contributed by atoms with Crippen LogP contribution in [0.5, 0.6) is 0 Å². The summed E-state index contributed by atoms with van der Waals surface area (Å²) >= 11 is 0. The summed E-state index contributed by atoms with van der Waals surface area (Å²) in [7, 11) is 0. The molecule has 0 saturated carbocycles. The van der Waals surface area contributed by atoms with Crippen LogP contribution < -0.4 is 33.2 Å². The number of nitrogens with one attached hydrogen (secondary N) is 3. The van der Waals surface area contributed by atoms with Crippen LogP contribution in [0.25, 0.3) is 0 Å². The Kier molecular flexibility index (Phi) is 13.2. The number of carboxylic acids is 3. The Morgan fingerprint density at radius 1 is 0.848 bits per heavy atom. The molecule has 3 amide bonds. The Labute approximate surface area is 187 Å². The van der Waals surface area contributed by atoms with Gasteiger partial charge in [-0.1, -0.05) is 0 Å². The molecule has 0 aliphatic heterocycles.